The predicted molar refractivity (Wildman–Crippen MR) is 45.6 cm³/mol. The second kappa shape index (κ2) is 3.13. The summed E-state index contributed by atoms with van der Waals surface area (Å²) in [5.74, 6) is -1.02. The molecular weight excluding hydrogens is 188 g/mol. The summed E-state index contributed by atoms with van der Waals surface area (Å²) in [5, 5.41) is 8.80. The van der Waals surface area contributed by atoms with Gasteiger partial charge in [-0.1, -0.05) is 0 Å². The second-order valence-corrected chi connectivity index (χ2v) is 2.92. The van der Waals surface area contributed by atoms with Crippen LogP contribution in [0.2, 0.25) is 0 Å². The third kappa shape index (κ3) is 1.24. The maximum atomic E-state index is 11.2. The van der Waals surface area contributed by atoms with E-state index in [9.17, 15) is 9.59 Å². The molecule has 0 aliphatic carbocycles. The van der Waals surface area contributed by atoms with Crippen LogP contribution < -0.4 is 10.4 Å². The van der Waals surface area contributed by atoms with Crippen LogP contribution in [0.5, 0.6) is 5.88 Å². The molecule has 0 radical (unpaired) electrons. The van der Waals surface area contributed by atoms with E-state index in [1.54, 1.807) is 0 Å². The Hall–Kier alpha value is -1.85. The lowest BCUT2D eigenvalue weighted by Gasteiger charge is -2.19. The van der Waals surface area contributed by atoms with Crippen molar-refractivity contribution in [1.82, 2.24) is 9.55 Å². The van der Waals surface area contributed by atoms with Gasteiger partial charge in [-0.2, -0.15) is 0 Å². The Morgan fingerprint density at radius 3 is 3.14 bits per heavy atom. The van der Waals surface area contributed by atoms with Crippen LogP contribution in [-0.2, 0) is 6.54 Å². The zero-order valence-corrected chi connectivity index (χ0v) is 7.27. The van der Waals surface area contributed by atoms with Crippen LogP contribution >= 0.6 is 0 Å². The lowest BCUT2D eigenvalue weighted by Crippen LogP contribution is -2.30. The molecule has 0 fully saturated rings. The largest absolute Gasteiger partial charge is 0.478 e. The summed E-state index contributed by atoms with van der Waals surface area (Å²) >= 11 is 0. The molecule has 0 bridgehead atoms. The lowest BCUT2D eigenvalue weighted by molar-refractivity contribution is 0.0686. The second-order valence-electron chi connectivity index (χ2n) is 2.92. The predicted octanol–water partition coefficient (Wildman–Crippen LogP) is -0.276. The number of hydrogen-bond donors (Lipinski definition) is 1. The fourth-order valence-corrected chi connectivity index (χ4v) is 1.37. The van der Waals surface area contributed by atoms with Crippen LogP contribution in [0.15, 0.2) is 11.0 Å². The number of ether oxygens (including phenoxy) is 1. The van der Waals surface area contributed by atoms with Crippen molar-refractivity contribution in [1.29, 1.82) is 0 Å². The maximum absolute atomic E-state index is 11.2. The molecule has 0 amide bonds. The monoisotopic (exact) mass is 196 g/mol. The average Bonchev–Trinajstić information content (AvgIpc) is 2.18. The van der Waals surface area contributed by atoms with Crippen molar-refractivity contribution < 1.29 is 14.6 Å². The smallest absolute Gasteiger partial charge is 0.350 e. The third-order valence-corrected chi connectivity index (χ3v) is 2.01. The first-order valence-corrected chi connectivity index (χ1v) is 4.16. The van der Waals surface area contributed by atoms with Crippen molar-refractivity contribution in [2.75, 3.05) is 6.61 Å². The summed E-state index contributed by atoms with van der Waals surface area (Å²) in [5.41, 5.74) is -0.533. The Kier molecular flexibility index (Phi) is 1.95. The van der Waals surface area contributed by atoms with E-state index in [0.717, 1.165) is 6.20 Å². The molecule has 1 aliphatic rings. The molecule has 14 heavy (non-hydrogen) atoms. The summed E-state index contributed by atoms with van der Waals surface area (Å²) in [4.78, 5) is 25.4. The molecule has 1 aliphatic heterocycles. The van der Waals surface area contributed by atoms with Gasteiger partial charge >= 0.3 is 11.7 Å². The molecule has 2 rings (SSSR count). The Morgan fingerprint density at radius 1 is 1.64 bits per heavy atom. The number of carbonyl (C=O) groups is 1. The Balaban J connectivity index is 2.65. The molecule has 0 aromatic carbocycles. The van der Waals surface area contributed by atoms with Crippen molar-refractivity contribution in [3.05, 3.63) is 22.2 Å². The van der Waals surface area contributed by atoms with Crippen molar-refractivity contribution in [2.24, 2.45) is 0 Å². The van der Waals surface area contributed by atoms with E-state index < -0.39 is 11.7 Å². The maximum Gasteiger partial charge on any atom is 0.350 e. The number of hydrogen-bond acceptors (Lipinski definition) is 4. The van der Waals surface area contributed by atoms with Crippen LogP contribution in [-0.4, -0.2) is 27.2 Å². The highest BCUT2D eigenvalue weighted by atomic mass is 16.5. The van der Waals surface area contributed by atoms with Crippen LogP contribution in [0.4, 0.5) is 0 Å². The van der Waals surface area contributed by atoms with Gasteiger partial charge < -0.3 is 9.84 Å². The molecule has 1 aromatic heterocycles. The van der Waals surface area contributed by atoms with Gasteiger partial charge in [0.1, 0.15) is 5.56 Å². The highest BCUT2D eigenvalue weighted by Crippen LogP contribution is 2.19. The van der Waals surface area contributed by atoms with Crippen molar-refractivity contribution >= 4 is 5.97 Å². The van der Waals surface area contributed by atoms with E-state index in [-0.39, 0.29) is 11.4 Å². The van der Waals surface area contributed by atoms with Crippen molar-refractivity contribution in [2.45, 2.75) is 13.0 Å². The normalized spacial score (nSPS) is 14.3. The summed E-state index contributed by atoms with van der Waals surface area (Å²) in [6, 6.07) is 0. The average molecular weight is 196 g/mol. The minimum Gasteiger partial charge on any atom is -0.478 e. The molecule has 6 heteroatoms. The van der Waals surface area contributed by atoms with E-state index in [1.165, 1.54) is 4.57 Å². The van der Waals surface area contributed by atoms with Crippen LogP contribution in [0.3, 0.4) is 0 Å². The van der Waals surface area contributed by atoms with E-state index in [0.29, 0.717) is 19.6 Å². The third-order valence-electron chi connectivity index (χ3n) is 2.01. The van der Waals surface area contributed by atoms with Gasteiger partial charge in [0.25, 0.3) is 0 Å². The molecule has 0 unspecified atom stereocenters. The number of rotatable bonds is 1. The zero-order valence-electron chi connectivity index (χ0n) is 7.27. The number of carboxylic acids is 1. The van der Waals surface area contributed by atoms with E-state index in [4.69, 9.17) is 9.84 Å². The van der Waals surface area contributed by atoms with Crippen molar-refractivity contribution in [3.63, 3.8) is 0 Å². The fraction of sp³-hybridized carbons (Fsp3) is 0.375. The lowest BCUT2D eigenvalue weighted by atomic mass is 10.3. The van der Waals surface area contributed by atoms with E-state index in [1.807, 2.05) is 0 Å². The standard InChI is InChI=1S/C8H8N2O4/c11-7(12)5-4-9-8(13)10-2-1-3-14-6(5)10/h4H,1-3H2,(H,11,12). The number of nitrogens with zero attached hydrogens (tertiary/aromatic N) is 2. The Labute approximate surface area is 78.8 Å². The molecule has 0 atom stereocenters. The number of fused-ring (bicyclic) bond motifs is 1. The van der Waals surface area contributed by atoms with E-state index >= 15 is 0 Å². The van der Waals surface area contributed by atoms with Gasteiger partial charge in [-0.25, -0.2) is 14.6 Å². The quantitative estimate of drug-likeness (QED) is 0.668. The Morgan fingerprint density at radius 2 is 2.43 bits per heavy atom. The van der Waals surface area contributed by atoms with Gasteiger partial charge in [-0.3, -0.25) is 4.57 Å². The summed E-state index contributed by atoms with van der Waals surface area (Å²) in [6.07, 6.45) is 1.72. The Bertz CT molecular complexity index is 437. The number of aromatic nitrogens is 2. The van der Waals surface area contributed by atoms with Gasteiger partial charge in [-0.15, -0.1) is 0 Å². The van der Waals surface area contributed by atoms with Gasteiger partial charge in [-0.05, 0) is 6.42 Å². The fourth-order valence-electron chi connectivity index (χ4n) is 1.37. The molecule has 74 valence electrons. The van der Waals surface area contributed by atoms with Gasteiger partial charge in [0, 0.05) is 6.54 Å². The van der Waals surface area contributed by atoms with Gasteiger partial charge in [0.2, 0.25) is 5.88 Å². The summed E-state index contributed by atoms with van der Waals surface area (Å²) in [6.45, 7) is 0.895. The van der Waals surface area contributed by atoms with Crippen LogP contribution in [0.25, 0.3) is 0 Å². The highest BCUT2D eigenvalue weighted by molar-refractivity contribution is 5.89. The topological polar surface area (TPSA) is 81.4 Å². The molecule has 0 saturated heterocycles. The summed E-state index contributed by atoms with van der Waals surface area (Å²) < 4.78 is 6.38. The highest BCUT2D eigenvalue weighted by Gasteiger charge is 2.20. The molecule has 1 N–H and O–H groups in total. The first-order chi connectivity index (χ1) is 6.70. The van der Waals surface area contributed by atoms with Gasteiger partial charge in [0.05, 0.1) is 12.8 Å². The molecular formula is C8H8N2O4. The molecule has 6 nitrogen and oxygen atoms in total. The SMILES string of the molecule is O=C(O)c1cnc(=O)n2c1OCCC2. The minimum absolute atomic E-state index is 0.0655. The van der Waals surface area contributed by atoms with Crippen LogP contribution in [0.1, 0.15) is 16.8 Å². The number of aromatic carboxylic acids is 1. The minimum atomic E-state index is -1.14. The first-order valence-electron chi connectivity index (χ1n) is 4.16. The van der Waals surface area contributed by atoms with E-state index in [2.05, 4.69) is 4.98 Å². The van der Waals surface area contributed by atoms with Crippen molar-refractivity contribution in [3.8, 4) is 5.88 Å². The molecule has 0 saturated carbocycles. The first kappa shape index (κ1) is 8.74. The number of carboxylic acid groups (broad SMARTS) is 1. The molecule has 0 spiro atoms. The van der Waals surface area contributed by atoms with Gasteiger partial charge in [0.15, 0.2) is 0 Å². The zero-order chi connectivity index (χ0) is 10.1. The summed E-state index contributed by atoms with van der Waals surface area (Å²) in [7, 11) is 0. The van der Waals surface area contributed by atoms with Crippen LogP contribution in [0, 0.1) is 0 Å². The molecule has 2 heterocycles. The molecule has 1 aromatic rings.